The van der Waals surface area contributed by atoms with Crippen molar-refractivity contribution in [3.05, 3.63) is 18.3 Å². The maximum Gasteiger partial charge on any atom is 0.123 e. The highest BCUT2D eigenvalue weighted by Crippen LogP contribution is 2.12. The van der Waals surface area contributed by atoms with Crippen LogP contribution < -0.4 is 10.6 Å². The van der Waals surface area contributed by atoms with Gasteiger partial charge >= 0.3 is 0 Å². The minimum Gasteiger partial charge on any atom is -0.389 e. The van der Waals surface area contributed by atoms with Crippen LogP contribution in [0.3, 0.4) is 0 Å². The third-order valence-electron chi connectivity index (χ3n) is 2.06. The number of nitrogens with zero attached hydrogens (tertiary/aromatic N) is 2. The monoisotopic (exact) mass is 211 g/mol. The third-order valence-corrected chi connectivity index (χ3v) is 2.06. The maximum absolute atomic E-state index is 9.52. The van der Waals surface area contributed by atoms with Gasteiger partial charge in [-0.3, -0.25) is 0 Å². The molecule has 0 radical (unpaired) electrons. The Hall–Kier alpha value is -1.33. The lowest BCUT2D eigenvalue weighted by Gasteiger charge is -2.21. The first-order valence-electron chi connectivity index (χ1n) is 4.73. The molecule has 84 valence electrons. The van der Waals surface area contributed by atoms with Crippen molar-refractivity contribution in [2.45, 2.75) is 6.10 Å². The van der Waals surface area contributed by atoms with Crippen LogP contribution in [0.4, 0.5) is 11.5 Å². The standard InChI is InChI=1S/C10H17N3O2/c1-13(6-9(14)7-15-2)8-3-4-10(11)12-5-8/h3-5,9,14H,6-7H2,1-2H3,(H2,11,12). The highest BCUT2D eigenvalue weighted by molar-refractivity contribution is 5.47. The molecule has 1 rings (SSSR count). The second-order valence-corrected chi connectivity index (χ2v) is 3.43. The number of ether oxygens (including phenoxy) is 1. The van der Waals surface area contributed by atoms with Gasteiger partial charge in [0.2, 0.25) is 0 Å². The van der Waals surface area contributed by atoms with E-state index in [9.17, 15) is 5.11 Å². The summed E-state index contributed by atoms with van der Waals surface area (Å²) in [5.74, 6) is 0.490. The number of anilines is 2. The highest BCUT2D eigenvalue weighted by atomic mass is 16.5. The summed E-state index contributed by atoms with van der Waals surface area (Å²) in [6, 6.07) is 3.59. The summed E-state index contributed by atoms with van der Waals surface area (Å²) >= 11 is 0. The predicted octanol–water partition coefficient (Wildman–Crippen LogP) is 0.107. The molecule has 5 heteroatoms. The molecule has 1 atom stereocenters. The lowest BCUT2D eigenvalue weighted by atomic mass is 10.3. The molecule has 0 aliphatic heterocycles. The molecule has 0 bridgehead atoms. The fourth-order valence-electron chi connectivity index (χ4n) is 1.29. The first-order valence-corrected chi connectivity index (χ1v) is 4.73. The van der Waals surface area contributed by atoms with Crippen LogP contribution in [-0.2, 0) is 4.74 Å². The van der Waals surface area contributed by atoms with E-state index in [1.807, 2.05) is 18.0 Å². The van der Waals surface area contributed by atoms with Gasteiger partial charge in [-0.05, 0) is 12.1 Å². The predicted molar refractivity (Wildman–Crippen MR) is 59.8 cm³/mol. The number of aromatic nitrogens is 1. The van der Waals surface area contributed by atoms with Crippen molar-refractivity contribution in [3.8, 4) is 0 Å². The lowest BCUT2D eigenvalue weighted by molar-refractivity contribution is 0.0695. The minimum atomic E-state index is -0.502. The van der Waals surface area contributed by atoms with Crippen LogP contribution in [0.2, 0.25) is 0 Å². The summed E-state index contributed by atoms with van der Waals surface area (Å²) in [6.45, 7) is 0.826. The Labute approximate surface area is 89.5 Å². The largest absolute Gasteiger partial charge is 0.389 e. The smallest absolute Gasteiger partial charge is 0.123 e. The Morgan fingerprint density at radius 1 is 1.60 bits per heavy atom. The summed E-state index contributed by atoms with van der Waals surface area (Å²) in [5, 5.41) is 9.52. The van der Waals surface area contributed by atoms with Gasteiger partial charge < -0.3 is 20.5 Å². The van der Waals surface area contributed by atoms with Gasteiger partial charge in [0.1, 0.15) is 5.82 Å². The molecule has 0 saturated heterocycles. The quantitative estimate of drug-likeness (QED) is 0.723. The van der Waals surface area contributed by atoms with E-state index in [4.69, 9.17) is 10.5 Å². The van der Waals surface area contributed by atoms with E-state index < -0.39 is 6.10 Å². The van der Waals surface area contributed by atoms with E-state index in [0.29, 0.717) is 19.0 Å². The van der Waals surface area contributed by atoms with E-state index in [2.05, 4.69) is 4.98 Å². The van der Waals surface area contributed by atoms with Gasteiger partial charge in [0.25, 0.3) is 0 Å². The fraction of sp³-hybridized carbons (Fsp3) is 0.500. The molecule has 1 aromatic heterocycles. The molecule has 0 amide bonds. The number of aliphatic hydroxyl groups is 1. The molecule has 0 aliphatic rings. The molecule has 0 fully saturated rings. The molecule has 3 N–H and O–H groups in total. The molecule has 5 nitrogen and oxygen atoms in total. The molecule has 1 heterocycles. The van der Waals surface area contributed by atoms with E-state index in [0.717, 1.165) is 5.69 Å². The average molecular weight is 211 g/mol. The second-order valence-electron chi connectivity index (χ2n) is 3.43. The van der Waals surface area contributed by atoms with E-state index in [1.54, 1.807) is 19.4 Å². The van der Waals surface area contributed by atoms with Crippen molar-refractivity contribution in [2.75, 3.05) is 37.9 Å². The average Bonchev–Trinajstić information content (AvgIpc) is 2.18. The van der Waals surface area contributed by atoms with Crippen molar-refractivity contribution < 1.29 is 9.84 Å². The summed E-state index contributed by atoms with van der Waals surface area (Å²) < 4.78 is 4.85. The van der Waals surface area contributed by atoms with E-state index in [-0.39, 0.29) is 0 Å². The minimum absolute atomic E-state index is 0.326. The summed E-state index contributed by atoms with van der Waals surface area (Å²) in [4.78, 5) is 5.88. The number of pyridine rings is 1. The Morgan fingerprint density at radius 2 is 2.33 bits per heavy atom. The van der Waals surface area contributed by atoms with Crippen LogP contribution in [0.15, 0.2) is 18.3 Å². The Kier molecular flexibility index (Phi) is 4.33. The van der Waals surface area contributed by atoms with Crippen molar-refractivity contribution in [3.63, 3.8) is 0 Å². The van der Waals surface area contributed by atoms with Crippen molar-refractivity contribution in [2.24, 2.45) is 0 Å². The van der Waals surface area contributed by atoms with Crippen LogP contribution >= 0.6 is 0 Å². The zero-order valence-corrected chi connectivity index (χ0v) is 9.05. The molecule has 0 aromatic carbocycles. The van der Waals surface area contributed by atoms with Crippen molar-refractivity contribution in [1.29, 1.82) is 0 Å². The molecule has 0 spiro atoms. The Balaban J connectivity index is 2.53. The van der Waals surface area contributed by atoms with Gasteiger partial charge in [-0.25, -0.2) is 4.98 Å². The van der Waals surface area contributed by atoms with Crippen molar-refractivity contribution >= 4 is 11.5 Å². The second kappa shape index (κ2) is 5.53. The van der Waals surface area contributed by atoms with E-state index >= 15 is 0 Å². The highest BCUT2D eigenvalue weighted by Gasteiger charge is 2.08. The topological polar surface area (TPSA) is 71.6 Å². The van der Waals surface area contributed by atoms with Gasteiger partial charge in [0, 0.05) is 20.7 Å². The number of likely N-dealkylation sites (N-methyl/N-ethyl adjacent to an activating group) is 1. The number of nitrogen functional groups attached to an aromatic ring is 1. The van der Waals surface area contributed by atoms with Crippen LogP contribution in [0.5, 0.6) is 0 Å². The molecule has 1 unspecified atom stereocenters. The number of rotatable bonds is 5. The zero-order valence-electron chi connectivity index (χ0n) is 9.05. The lowest BCUT2D eigenvalue weighted by Crippen LogP contribution is -2.31. The van der Waals surface area contributed by atoms with Gasteiger partial charge in [-0.2, -0.15) is 0 Å². The first kappa shape index (κ1) is 11.7. The fourth-order valence-corrected chi connectivity index (χ4v) is 1.29. The van der Waals surface area contributed by atoms with Crippen LogP contribution in [0.1, 0.15) is 0 Å². The normalized spacial score (nSPS) is 12.5. The van der Waals surface area contributed by atoms with Crippen molar-refractivity contribution in [1.82, 2.24) is 4.98 Å². The number of hydrogen-bond acceptors (Lipinski definition) is 5. The molecular weight excluding hydrogens is 194 g/mol. The van der Waals surface area contributed by atoms with E-state index in [1.165, 1.54) is 0 Å². The maximum atomic E-state index is 9.52. The number of aliphatic hydroxyl groups excluding tert-OH is 1. The summed E-state index contributed by atoms with van der Waals surface area (Å²) in [7, 11) is 3.44. The first-order chi connectivity index (χ1) is 7.13. The molecular formula is C10H17N3O2. The number of nitrogens with two attached hydrogens (primary N) is 1. The Morgan fingerprint density at radius 3 is 2.87 bits per heavy atom. The van der Waals surface area contributed by atoms with Crippen LogP contribution in [0.25, 0.3) is 0 Å². The number of methoxy groups -OCH3 is 1. The molecule has 0 aliphatic carbocycles. The van der Waals surface area contributed by atoms with Crippen LogP contribution in [0, 0.1) is 0 Å². The molecule has 1 aromatic rings. The van der Waals surface area contributed by atoms with Gasteiger partial charge in [0.05, 0.1) is 24.6 Å². The zero-order chi connectivity index (χ0) is 11.3. The van der Waals surface area contributed by atoms with Gasteiger partial charge in [-0.15, -0.1) is 0 Å². The summed E-state index contributed by atoms with van der Waals surface area (Å²) in [6.07, 6.45) is 1.17. The molecule has 0 saturated carbocycles. The number of hydrogen-bond donors (Lipinski definition) is 2. The van der Waals surface area contributed by atoms with Crippen LogP contribution in [-0.4, -0.2) is 43.5 Å². The van der Waals surface area contributed by atoms with Gasteiger partial charge in [0.15, 0.2) is 0 Å². The third kappa shape index (κ3) is 3.73. The summed E-state index contributed by atoms with van der Waals surface area (Å²) in [5.41, 5.74) is 6.39. The molecule has 15 heavy (non-hydrogen) atoms. The Bertz CT molecular complexity index is 289. The van der Waals surface area contributed by atoms with Gasteiger partial charge in [-0.1, -0.05) is 0 Å². The SMILES string of the molecule is COCC(O)CN(C)c1ccc(N)nc1.